The number of carboxylic acids is 1. The minimum Gasteiger partial charge on any atom is -0.481 e. The zero-order valence-electron chi connectivity index (χ0n) is 12.7. The maximum Gasteiger partial charge on any atom is 0.305 e. The summed E-state index contributed by atoms with van der Waals surface area (Å²) in [5.41, 5.74) is 0. The molecule has 0 spiro atoms. The Balaban J connectivity index is 2.49. The van der Waals surface area contributed by atoms with Gasteiger partial charge in [-0.25, -0.2) is 18.1 Å². The van der Waals surface area contributed by atoms with Gasteiger partial charge in [0.25, 0.3) is 10.0 Å². The average molecular weight is 332 g/mol. The number of carboxylic acid groups (broad SMARTS) is 1. The van der Waals surface area contributed by atoms with Crippen LogP contribution in [0.4, 0.5) is 0 Å². The Morgan fingerprint density at radius 2 is 2.05 bits per heavy atom. The summed E-state index contributed by atoms with van der Waals surface area (Å²) in [6.07, 6.45) is 1.18. The van der Waals surface area contributed by atoms with Crippen molar-refractivity contribution in [1.82, 2.24) is 19.2 Å². The van der Waals surface area contributed by atoms with E-state index in [1.807, 2.05) is 0 Å². The number of aryl methyl sites for hydroxylation is 2. The predicted molar refractivity (Wildman–Crippen MR) is 77.6 cm³/mol. The molecule has 1 rings (SSSR count). The minimum absolute atomic E-state index is 0.0544. The fourth-order valence-corrected chi connectivity index (χ4v) is 2.67. The van der Waals surface area contributed by atoms with Gasteiger partial charge in [0.05, 0.1) is 6.42 Å². The molecule has 0 aliphatic rings. The second-order valence-electron chi connectivity index (χ2n) is 4.84. The molecule has 0 aliphatic carbocycles. The van der Waals surface area contributed by atoms with Crippen molar-refractivity contribution in [2.75, 3.05) is 20.1 Å². The first-order valence-corrected chi connectivity index (χ1v) is 8.07. The highest BCUT2D eigenvalue weighted by molar-refractivity contribution is 7.89. The molecule has 0 saturated heterocycles. The third-order valence-corrected chi connectivity index (χ3v) is 4.41. The number of imidazole rings is 1. The number of aliphatic carboxylic acids is 1. The highest BCUT2D eigenvalue weighted by Crippen LogP contribution is 2.07. The number of sulfonamides is 1. The fraction of sp³-hybridized carbons (Fsp3) is 0.583. The van der Waals surface area contributed by atoms with E-state index in [4.69, 9.17) is 5.11 Å². The number of carbonyl (C=O) groups is 2. The summed E-state index contributed by atoms with van der Waals surface area (Å²) in [6.45, 7) is 1.69. The van der Waals surface area contributed by atoms with Crippen molar-refractivity contribution in [3.05, 3.63) is 12.0 Å². The second-order valence-corrected chi connectivity index (χ2v) is 6.56. The van der Waals surface area contributed by atoms with Crippen LogP contribution < -0.4 is 4.72 Å². The van der Waals surface area contributed by atoms with Crippen LogP contribution in [0.3, 0.4) is 0 Å². The molecule has 1 heterocycles. The van der Waals surface area contributed by atoms with Crippen molar-refractivity contribution < 1.29 is 23.1 Å². The maximum absolute atomic E-state index is 12.0. The van der Waals surface area contributed by atoms with Crippen LogP contribution in [0.5, 0.6) is 0 Å². The van der Waals surface area contributed by atoms with Crippen LogP contribution >= 0.6 is 0 Å². The van der Waals surface area contributed by atoms with Crippen LogP contribution in [0, 0.1) is 6.92 Å². The van der Waals surface area contributed by atoms with E-state index >= 15 is 0 Å². The molecule has 10 heteroatoms. The number of carbonyl (C=O) groups excluding carboxylic acids is 1. The van der Waals surface area contributed by atoms with Gasteiger partial charge in [-0.05, 0) is 6.92 Å². The molecule has 0 fully saturated rings. The number of hydrogen-bond acceptors (Lipinski definition) is 5. The molecule has 0 bridgehead atoms. The number of aromatic nitrogens is 2. The molecule has 0 unspecified atom stereocenters. The van der Waals surface area contributed by atoms with E-state index in [9.17, 15) is 18.0 Å². The maximum atomic E-state index is 12.0. The second kappa shape index (κ2) is 7.36. The molecular weight excluding hydrogens is 312 g/mol. The fourth-order valence-electron chi connectivity index (χ4n) is 1.60. The van der Waals surface area contributed by atoms with Crippen LogP contribution in [0.15, 0.2) is 11.2 Å². The van der Waals surface area contributed by atoms with Crippen LogP contribution in [-0.4, -0.2) is 60.0 Å². The van der Waals surface area contributed by atoms with E-state index in [2.05, 4.69) is 9.71 Å². The Morgan fingerprint density at radius 3 is 2.55 bits per heavy atom. The molecule has 124 valence electrons. The first kappa shape index (κ1) is 18.1. The average Bonchev–Trinajstić information content (AvgIpc) is 2.76. The van der Waals surface area contributed by atoms with Crippen molar-refractivity contribution in [2.45, 2.75) is 24.8 Å². The molecule has 2 N–H and O–H groups in total. The summed E-state index contributed by atoms with van der Waals surface area (Å²) >= 11 is 0. The molecule has 1 aromatic heterocycles. The monoisotopic (exact) mass is 332 g/mol. The Labute approximate surface area is 129 Å². The van der Waals surface area contributed by atoms with Crippen molar-refractivity contribution in [3.8, 4) is 0 Å². The van der Waals surface area contributed by atoms with Gasteiger partial charge in [0.2, 0.25) is 5.91 Å². The highest BCUT2D eigenvalue weighted by Gasteiger charge is 2.19. The first-order valence-electron chi connectivity index (χ1n) is 6.59. The third-order valence-electron chi connectivity index (χ3n) is 3.08. The Bertz CT molecular complexity index is 633. The summed E-state index contributed by atoms with van der Waals surface area (Å²) in [7, 11) is -0.599. The standard InChI is InChI=1S/C12H20N4O5S/c1-9-14-10(8-16(9)3)22(20,21)13-6-4-11(17)15(2)7-5-12(18)19/h8,13H,4-7H2,1-3H3,(H,18,19). The topological polar surface area (TPSA) is 122 Å². The SMILES string of the molecule is Cc1nc(S(=O)(=O)NCCC(=O)N(C)CCC(=O)O)cn1C. The van der Waals surface area contributed by atoms with Crippen LogP contribution in [0.1, 0.15) is 18.7 Å². The molecule has 0 aliphatic heterocycles. The van der Waals surface area contributed by atoms with E-state index in [0.717, 1.165) is 0 Å². The van der Waals surface area contributed by atoms with E-state index in [0.29, 0.717) is 5.82 Å². The molecular formula is C12H20N4O5S. The third kappa shape index (κ3) is 5.11. The van der Waals surface area contributed by atoms with Crippen molar-refractivity contribution in [2.24, 2.45) is 7.05 Å². The lowest BCUT2D eigenvalue weighted by molar-refractivity contribution is -0.138. The van der Waals surface area contributed by atoms with Gasteiger partial charge in [0, 0.05) is 39.8 Å². The van der Waals surface area contributed by atoms with Crippen LogP contribution in [-0.2, 0) is 26.7 Å². The van der Waals surface area contributed by atoms with Crippen LogP contribution in [0.25, 0.3) is 0 Å². The number of rotatable bonds is 8. The van der Waals surface area contributed by atoms with E-state index in [-0.39, 0.29) is 36.9 Å². The van der Waals surface area contributed by atoms with Crippen LogP contribution in [0.2, 0.25) is 0 Å². The number of hydrogen-bond donors (Lipinski definition) is 2. The van der Waals surface area contributed by atoms with Gasteiger partial charge in [-0.3, -0.25) is 9.59 Å². The van der Waals surface area contributed by atoms with Crippen molar-refractivity contribution in [1.29, 1.82) is 0 Å². The van der Waals surface area contributed by atoms with E-state index in [1.54, 1.807) is 18.5 Å². The zero-order chi connectivity index (χ0) is 16.9. The predicted octanol–water partition coefficient (Wildman–Crippen LogP) is -0.670. The van der Waals surface area contributed by atoms with Gasteiger partial charge >= 0.3 is 5.97 Å². The number of amides is 1. The Morgan fingerprint density at radius 1 is 1.41 bits per heavy atom. The molecule has 1 aromatic rings. The summed E-state index contributed by atoms with van der Waals surface area (Å²) < 4.78 is 27.8. The van der Waals surface area contributed by atoms with Gasteiger partial charge in [-0.15, -0.1) is 0 Å². The number of nitrogens with one attached hydrogen (secondary N) is 1. The molecule has 9 nitrogen and oxygen atoms in total. The lowest BCUT2D eigenvalue weighted by atomic mass is 10.3. The first-order chi connectivity index (χ1) is 10.1. The Kier molecular flexibility index (Phi) is 6.06. The molecule has 0 saturated carbocycles. The van der Waals surface area contributed by atoms with E-state index in [1.165, 1.54) is 18.1 Å². The van der Waals surface area contributed by atoms with Gasteiger partial charge in [-0.1, -0.05) is 0 Å². The van der Waals surface area contributed by atoms with Crippen molar-refractivity contribution in [3.63, 3.8) is 0 Å². The highest BCUT2D eigenvalue weighted by atomic mass is 32.2. The summed E-state index contributed by atoms with van der Waals surface area (Å²) in [5.74, 6) is -0.767. The smallest absolute Gasteiger partial charge is 0.305 e. The summed E-state index contributed by atoms with van der Waals surface area (Å²) in [4.78, 5) is 27.3. The molecule has 0 radical (unpaired) electrons. The molecule has 0 atom stereocenters. The largest absolute Gasteiger partial charge is 0.481 e. The number of nitrogens with zero attached hydrogens (tertiary/aromatic N) is 3. The normalized spacial score (nSPS) is 11.4. The molecule has 0 aromatic carbocycles. The summed E-state index contributed by atoms with van der Waals surface area (Å²) in [6, 6.07) is 0. The zero-order valence-corrected chi connectivity index (χ0v) is 13.6. The minimum atomic E-state index is -3.76. The van der Waals surface area contributed by atoms with Gasteiger partial charge in [0.15, 0.2) is 5.03 Å². The quantitative estimate of drug-likeness (QED) is 0.651. The lowest BCUT2D eigenvalue weighted by Crippen LogP contribution is -2.33. The molecule has 22 heavy (non-hydrogen) atoms. The lowest BCUT2D eigenvalue weighted by Gasteiger charge is -2.15. The van der Waals surface area contributed by atoms with Gasteiger partial charge in [-0.2, -0.15) is 0 Å². The molecule has 1 amide bonds. The van der Waals surface area contributed by atoms with E-state index < -0.39 is 16.0 Å². The summed E-state index contributed by atoms with van der Waals surface area (Å²) in [5, 5.41) is 8.44. The van der Waals surface area contributed by atoms with Crippen molar-refractivity contribution >= 4 is 21.9 Å². The van der Waals surface area contributed by atoms with Gasteiger partial charge < -0.3 is 14.6 Å². The van der Waals surface area contributed by atoms with Gasteiger partial charge in [0.1, 0.15) is 5.82 Å². The Hall–Kier alpha value is -1.94.